The molecule has 0 aromatic heterocycles. The first-order chi connectivity index (χ1) is 7.31. The first-order valence-electron chi connectivity index (χ1n) is 5.89. The SMILES string of the molecule is CCCCC=C1CCc2cc(N)ccc21. The van der Waals surface area contributed by atoms with Gasteiger partial charge in [-0.25, -0.2) is 0 Å². The van der Waals surface area contributed by atoms with Crippen molar-refractivity contribution in [3.8, 4) is 0 Å². The third-order valence-electron chi connectivity index (χ3n) is 3.09. The average Bonchev–Trinajstić information content (AvgIpc) is 2.61. The van der Waals surface area contributed by atoms with E-state index in [4.69, 9.17) is 5.73 Å². The molecule has 1 aromatic carbocycles. The molecule has 15 heavy (non-hydrogen) atoms. The molecule has 0 heterocycles. The van der Waals surface area contributed by atoms with E-state index in [0.29, 0.717) is 0 Å². The third kappa shape index (κ3) is 2.23. The lowest BCUT2D eigenvalue weighted by atomic mass is 10.1. The van der Waals surface area contributed by atoms with E-state index in [2.05, 4.69) is 25.1 Å². The number of anilines is 1. The van der Waals surface area contributed by atoms with Crippen molar-refractivity contribution in [2.45, 2.75) is 39.0 Å². The van der Waals surface area contributed by atoms with Crippen LogP contribution in [0.1, 0.15) is 43.7 Å². The molecule has 0 spiro atoms. The van der Waals surface area contributed by atoms with Gasteiger partial charge in [-0.1, -0.05) is 31.9 Å². The molecule has 1 aliphatic carbocycles. The van der Waals surface area contributed by atoms with E-state index in [1.54, 1.807) is 0 Å². The van der Waals surface area contributed by atoms with Gasteiger partial charge in [0.2, 0.25) is 0 Å². The van der Waals surface area contributed by atoms with Gasteiger partial charge in [-0.05, 0) is 48.1 Å². The lowest BCUT2D eigenvalue weighted by Crippen LogP contribution is -1.87. The van der Waals surface area contributed by atoms with Crippen LogP contribution in [0.3, 0.4) is 0 Å². The van der Waals surface area contributed by atoms with E-state index in [1.807, 2.05) is 6.07 Å². The number of hydrogen-bond acceptors (Lipinski definition) is 1. The Kier molecular flexibility index (Phi) is 3.10. The minimum atomic E-state index is 0.892. The average molecular weight is 201 g/mol. The van der Waals surface area contributed by atoms with Gasteiger partial charge in [0, 0.05) is 5.69 Å². The van der Waals surface area contributed by atoms with Crippen LogP contribution in [0.25, 0.3) is 5.57 Å². The molecule has 0 saturated heterocycles. The van der Waals surface area contributed by atoms with Crippen LogP contribution in [-0.4, -0.2) is 0 Å². The van der Waals surface area contributed by atoms with Crippen LogP contribution in [-0.2, 0) is 6.42 Å². The molecule has 1 nitrogen and oxygen atoms in total. The molecule has 0 unspecified atom stereocenters. The zero-order valence-electron chi connectivity index (χ0n) is 9.42. The number of benzene rings is 1. The second kappa shape index (κ2) is 4.52. The van der Waals surface area contributed by atoms with Crippen LogP contribution in [0.4, 0.5) is 5.69 Å². The van der Waals surface area contributed by atoms with E-state index in [0.717, 1.165) is 5.69 Å². The highest BCUT2D eigenvalue weighted by atomic mass is 14.5. The minimum Gasteiger partial charge on any atom is -0.399 e. The molecule has 0 amide bonds. The van der Waals surface area contributed by atoms with Crippen LogP contribution < -0.4 is 5.73 Å². The first-order valence-corrected chi connectivity index (χ1v) is 5.89. The number of allylic oxidation sites excluding steroid dienone is 2. The fourth-order valence-electron chi connectivity index (χ4n) is 2.23. The summed E-state index contributed by atoms with van der Waals surface area (Å²) in [5.41, 5.74) is 11.1. The van der Waals surface area contributed by atoms with Gasteiger partial charge in [0.25, 0.3) is 0 Å². The van der Waals surface area contributed by atoms with Gasteiger partial charge in [0.05, 0.1) is 0 Å². The maximum atomic E-state index is 5.78. The Hall–Kier alpha value is -1.24. The molecule has 0 radical (unpaired) electrons. The highest BCUT2D eigenvalue weighted by molar-refractivity contribution is 5.74. The van der Waals surface area contributed by atoms with Gasteiger partial charge < -0.3 is 5.73 Å². The number of rotatable bonds is 3. The standard InChI is InChI=1S/C14H19N/c1-2-3-4-5-11-6-7-12-10-13(15)8-9-14(11)12/h5,8-10H,2-4,6-7,15H2,1H3. The van der Waals surface area contributed by atoms with Crippen molar-refractivity contribution in [2.24, 2.45) is 0 Å². The van der Waals surface area contributed by atoms with E-state index < -0.39 is 0 Å². The van der Waals surface area contributed by atoms with E-state index in [-0.39, 0.29) is 0 Å². The fourth-order valence-corrected chi connectivity index (χ4v) is 2.23. The Bertz CT molecular complexity index is 377. The van der Waals surface area contributed by atoms with Gasteiger partial charge in [-0.3, -0.25) is 0 Å². The maximum absolute atomic E-state index is 5.78. The molecule has 1 aromatic rings. The van der Waals surface area contributed by atoms with Crippen molar-refractivity contribution in [2.75, 3.05) is 5.73 Å². The Morgan fingerprint density at radius 3 is 3.00 bits per heavy atom. The van der Waals surface area contributed by atoms with Gasteiger partial charge in [-0.15, -0.1) is 0 Å². The summed E-state index contributed by atoms with van der Waals surface area (Å²) >= 11 is 0. The number of aryl methyl sites for hydroxylation is 1. The summed E-state index contributed by atoms with van der Waals surface area (Å²) in [6.07, 6.45) is 8.56. The maximum Gasteiger partial charge on any atom is 0.0317 e. The number of hydrogen-bond donors (Lipinski definition) is 1. The predicted molar refractivity (Wildman–Crippen MR) is 66.7 cm³/mol. The quantitative estimate of drug-likeness (QED) is 0.584. The second-order valence-electron chi connectivity index (χ2n) is 4.29. The number of nitrogen functional groups attached to an aromatic ring is 1. The third-order valence-corrected chi connectivity index (χ3v) is 3.09. The fraction of sp³-hybridized carbons (Fsp3) is 0.429. The Morgan fingerprint density at radius 1 is 1.33 bits per heavy atom. The Morgan fingerprint density at radius 2 is 2.20 bits per heavy atom. The van der Waals surface area contributed by atoms with Crippen molar-refractivity contribution in [1.29, 1.82) is 0 Å². The molecule has 0 bridgehead atoms. The van der Waals surface area contributed by atoms with E-state index in [1.165, 1.54) is 48.8 Å². The molecule has 0 aliphatic heterocycles. The summed E-state index contributed by atoms with van der Waals surface area (Å²) in [5.74, 6) is 0. The largest absolute Gasteiger partial charge is 0.399 e. The number of fused-ring (bicyclic) bond motifs is 1. The van der Waals surface area contributed by atoms with Crippen LogP contribution in [0.2, 0.25) is 0 Å². The molecule has 80 valence electrons. The van der Waals surface area contributed by atoms with Crippen molar-refractivity contribution in [3.63, 3.8) is 0 Å². The topological polar surface area (TPSA) is 26.0 Å². The number of nitrogens with two attached hydrogens (primary N) is 1. The molecule has 0 atom stereocenters. The summed E-state index contributed by atoms with van der Waals surface area (Å²) in [6, 6.07) is 6.31. The van der Waals surface area contributed by atoms with Gasteiger partial charge in [0.15, 0.2) is 0 Å². The van der Waals surface area contributed by atoms with Crippen LogP contribution >= 0.6 is 0 Å². The molecule has 0 fully saturated rings. The van der Waals surface area contributed by atoms with Gasteiger partial charge in [0.1, 0.15) is 0 Å². The highest BCUT2D eigenvalue weighted by Gasteiger charge is 2.15. The molecule has 2 rings (SSSR count). The zero-order valence-corrected chi connectivity index (χ0v) is 9.42. The summed E-state index contributed by atoms with van der Waals surface area (Å²) in [7, 11) is 0. The van der Waals surface area contributed by atoms with Crippen LogP contribution in [0.5, 0.6) is 0 Å². The summed E-state index contributed by atoms with van der Waals surface area (Å²) in [4.78, 5) is 0. The van der Waals surface area contributed by atoms with Crippen LogP contribution in [0, 0.1) is 0 Å². The van der Waals surface area contributed by atoms with Crippen LogP contribution in [0.15, 0.2) is 24.3 Å². The van der Waals surface area contributed by atoms with Gasteiger partial charge >= 0.3 is 0 Å². The Balaban J connectivity index is 2.17. The summed E-state index contributed by atoms with van der Waals surface area (Å²) < 4.78 is 0. The van der Waals surface area contributed by atoms with Gasteiger partial charge in [-0.2, -0.15) is 0 Å². The van der Waals surface area contributed by atoms with Crippen molar-refractivity contribution >= 4 is 11.3 Å². The zero-order chi connectivity index (χ0) is 10.7. The lowest BCUT2D eigenvalue weighted by Gasteiger charge is -2.02. The monoisotopic (exact) mass is 201 g/mol. The summed E-state index contributed by atoms with van der Waals surface area (Å²) in [6.45, 7) is 2.24. The highest BCUT2D eigenvalue weighted by Crippen LogP contribution is 2.33. The molecule has 1 heteroatoms. The first kappa shape index (κ1) is 10.3. The second-order valence-corrected chi connectivity index (χ2v) is 4.29. The van der Waals surface area contributed by atoms with Crippen molar-refractivity contribution in [3.05, 3.63) is 35.4 Å². The minimum absolute atomic E-state index is 0.892. The van der Waals surface area contributed by atoms with Crippen molar-refractivity contribution in [1.82, 2.24) is 0 Å². The molecule has 0 saturated carbocycles. The molecule has 2 N–H and O–H groups in total. The Labute approximate surface area is 92.0 Å². The molecular weight excluding hydrogens is 182 g/mol. The predicted octanol–water partition coefficient (Wildman–Crippen LogP) is 3.79. The van der Waals surface area contributed by atoms with Crippen molar-refractivity contribution < 1.29 is 0 Å². The smallest absolute Gasteiger partial charge is 0.0317 e. The van der Waals surface area contributed by atoms with E-state index in [9.17, 15) is 0 Å². The normalized spacial score (nSPS) is 17.0. The summed E-state index contributed by atoms with van der Waals surface area (Å²) in [5, 5.41) is 0. The van der Waals surface area contributed by atoms with E-state index >= 15 is 0 Å². The molecule has 1 aliphatic rings. The molecular formula is C14H19N. The number of unbranched alkanes of at least 4 members (excludes halogenated alkanes) is 2. The lowest BCUT2D eigenvalue weighted by molar-refractivity contribution is 0.814.